The van der Waals surface area contributed by atoms with Gasteiger partial charge in [-0.3, -0.25) is 4.79 Å². The van der Waals surface area contributed by atoms with E-state index in [1.165, 1.54) is 30.2 Å². The lowest BCUT2D eigenvalue weighted by Gasteiger charge is -2.18. The fourth-order valence-electron chi connectivity index (χ4n) is 2.94. The molecule has 0 saturated carbocycles. The van der Waals surface area contributed by atoms with E-state index in [1.54, 1.807) is 0 Å². The van der Waals surface area contributed by atoms with E-state index in [2.05, 4.69) is 11.4 Å². The van der Waals surface area contributed by atoms with Crippen LogP contribution in [0.2, 0.25) is 0 Å². The van der Waals surface area contributed by atoms with Gasteiger partial charge < -0.3 is 5.32 Å². The third-order valence-electron chi connectivity index (χ3n) is 4.12. The first-order valence-corrected chi connectivity index (χ1v) is 8.53. The van der Waals surface area contributed by atoms with Crippen molar-refractivity contribution in [1.29, 1.82) is 5.26 Å². The number of hydrogen-bond donors (Lipinski definition) is 1. The van der Waals surface area contributed by atoms with Gasteiger partial charge in [-0.05, 0) is 50.2 Å². The Bertz CT molecular complexity index is 594. The molecule has 5 heteroatoms. The van der Waals surface area contributed by atoms with Crippen molar-refractivity contribution in [3.8, 4) is 6.07 Å². The van der Waals surface area contributed by atoms with Gasteiger partial charge in [-0.25, -0.2) is 4.98 Å². The van der Waals surface area contributed by atoms with Crippen LogP contribution in [0.5, 0.6) is 0 Å². The van der Waals surface area contributed by atoms with Gasteiger partial charge in [0.05, 0.1) is 10.8 Å². The number of thioether (sulfide) groups is 1. The number of nitrogens with one attached hydrogen (secondary N) is 1. The van der Waals surface area contributed by atoms with Crippen LogP contribution in [0.15, 0.2) is 11.1 Å². The number of amides is 1. The van der Waals surface area contributed by atoms with Crippen LogP contribution in [0.3, 0.4) is 0 Å². The van der Waals surface area contributed by atoms with Gasteiger partial charge >= 0.3 is 0 Å². The minimum atomic E-state index is -0.117. The Balaban J connectivity index is 1.87. The lowest BCUT2D eigenvalue weighted by molar-refractivity contribution is -0.120. The number of fused-ring (bicyclic) bond motifs is 1. The van der Waals surface area contributed by atoms with Gasteiger partial charge in [-0.1, -0.05) is 18.2 Å². The van der Waals surface area contributed by atoms with Crippen LogP contribution in [0.1, 0.15) is 48.9 Å². The predicted molar refractivity (Wildman–Crippen MR) is 82.1 cm³/mol. The fraction of sp³-hybridized carbons (Fsp3) is 0.562. The van der Waals surface area contributed by atoms with Gasteiger partial charge in [0.15, 0.2) is 0 Å². The molecule has 0 bridgehead atoms. The second kappa shape index (κ2) is 6.48. The molecule has 1 saturated heterocycles. The highest BCUT2D eigenvalue weighted by Gasteiger charge is 2.24. The first-order valence-electron chi connectivity index (χ1n) is 7.65. The third-order valence-corrected chi connectivity index (χ3v) is 5.39. The monoisotopic (exact) mass is 301 g/mol. The van der Waals surface area contributed by atoms with Crippen LogP contribution < -0.4 is 5.32 Å². The summed E-state index contributed by atoms with van der Waals surface area (Å²) in [5.74, 6) is 0.0842. The van der Waals surface area contributed by atoms with E-state index < -0.39 is 0 Å². The molecule has 1 N–H and O–H groups in total. The van der Waals surface area contributed by atoms with E-state index in [1.807, 2.05) is 6.07 Å². The molecule has 1 aromatic heterocycles. The molecule has 2 heterocycles. The summed E-state index contributed by atoms with van der Waals surface area (Å²) in [6.45, 7) is 0.763. The van der Waals surface area contributed by atoms with Crippen molar-refractivity contribution in [3.63, 3.8) is 0 Å². The summed E-state index contributed by atoms with van der Waals surface area (Å²) in [7, 11) is 0. The Labute approximate surface area is 129 Å². The summed E-state index contributed by atoms with van der Waals surface area (Å²) in [6, 6.07) is 4.24. The molecule has 1 aliphatic carbocycles. The molecule has 0 aromatic carbocycles. The van der Waals surface area contributed by atoms with Gasteiger partial charge in [0, 0.05) is 12.2 Å². The fourth-order valence-corrected chi connectivity index (χ4v) is 4.08. The summed E-state index contributed by atoms with van der Waals surface area (Å²) in [4.78, 5) is 16.8. The Morgan fingerprint density at radius 2 is 2.14 bits per heavy atom. The molecule has 0 unspecified atom stereocenters. The molecule has 0 radical (unpaired) electrons. The zero-order valence-corrected chi connectivity index (χ0v) is 12.8. The molecule has 1 fully saturated rings. The Morgan fingerprint density at radius 3 is 3.00 bits per heavy atom. The predicted octanol–water partition coefficient (Wildman–Crippen LogP) is 2.59. The van der Waals surface area contributed by atoms with Crippen molar-refractivity contribution in [2.45, 2.75) is 55.2 Å². The van der Waals surface area contributed by atoms with Crippen molar-refractivity contribution in [3.05, 3.63) is 22.9 Å². The van der Waals surface area contributed by atoms with Crippen LogP contribution in [0.25, 0.3) is 0 Å². The molecule has 1 aliphatic heterocycles. The maximum atomic E-state index is 12.1. The summed E-state index contributed by atoms with van der Waals surface area (Å²) in [6.07, 6.45) is 7.29. The van der Waals surface area contributed by atoms with Gasteiger partial charge in [0.2, 0.25) is 5.91 Å². The minimum absolute atomic E-state index is 0.0842. The molecule has 1 amide bonds. The van der Waals surface area contributed by atoms with Crippen molar-refractivity contribution in [2.75, 3.05) is 6.54 Å². The largest absolute Gasteiger partial charge is 0.355 e. The molecular weight excluding hydrogens is 282 g/mol. The molecule has 3 rings (SSSR count). The first-order chi connectivity index (χ1) is 10.3. The van der Waals surface area contributed by atoms with Crippen LogP contribution in [0, 0.1) is 11.3 Å². The van der Waals surface area contributed by atoms with Crippen LogP contribution in [-0.2, 0) is 17.6 Å². The summed E-state index contributed by atoms with van der Waals surface area (Å²) >= 11 is 1.46. The lowest BCUT2D eigenvalue weighted by Crippen LogP contribution is -2.30. The quantitative estimate of drug-likeness (QED) is 0.912. The van der Waals surface area contributed by atoms with E-state index in [-0.39, 0.29) is 11.2 Å². The molecule has 0 spiro atoms. The number of aromatic nitrogens is 1. The Kier molecular flexibility index (Phi) is 4.45. The minimum Gasteiger partial charge on any atom is -0.355 e. The number of rotatable bonds is 2. The maximum absolute atomic E-state index is 12.1. The van der Waals surface area contributed by atoms with Crippen molar-refractivity contribution < 1.29 is 4.79 Å². The number of carbonyl (C=O) groups is 1. The second-order valence-corrected chi connectivity index (χ2v) is 6.85. The van der Waals surface area contributed by atoms with Gasteiger partial charge in [-0.15, -0.1) is 0 Å². The van der Waals surface area contributed by atoms with E-state index in [9.17, 15) is 10.1 Å². The molecule has 2 aliphatic rings. The zero-order chi connectivity index (χ0) is 14.7. The average Bonchev–Trinajstić information content (AvgIpc) is 2.71. The number of pyridine rings is 1. The topological polar surface area (TPSA) is 65.8 Å². The van der Waals surface area contributed by atoms with Crippen LogP contribution >= 0.6 is 11.8 Å². The van der Waals surface area contributed by atoms with Crippen molar-refractivity contribution in [2.24, 2.45) is 0 Å². The summed E-state index contributed by atoms with van der Waals surface area (Å²) in [5, 5.41) is 12.9. The van der Waals surface area contributed by atoms with Crippen LogP contribution in [-0.4, -0.2) is 22.7 Å². The lowest BCUT2D eigenvalue weighted by atomic mass is 9.95. The molecule has 4 nitrogen and oxygen atoms in total. The van der Waals surface area contributed by atoms with Gasteiger partial charge in [0.1, 0.15) is 11.1 Å². The number of nitrogens with zero attached hydrogens (tertiary/aromatic N) is 2. The average molecular weight is 301 g/mol. The Hall–Kier alpha value is -1.54. The number of hydrogen-bond acceptors (Lipinski definition) is 4. The van der Waals surface area contributed by atoms with Gasteiger partial charge in [-0.2, -0.15) is 5.26 Å². The highest BCUT2D eigenvalue weighted by atomic mass is 32.2. The smallest absolute Gasteiger partial charge is 0.233 e. The maximum Gasteiger partial charge on any atom is 0.233 e. The number of carbonyl (C=O) groups excluding carboxylic acids is 1. The molecule has 1 aromatic rings. The van der Waals surface area contributed by atoms with E-state index >= 15 is 0 Å². The summed E-state index contributed by atoms with van der Waals surface area (Å²) in [5.41, 5.74) is 2.96. The van der Waals surface area contributed by atoms with Gasteiger partial charge in [0.25, 0.3) is 0 Å². The van der Waals surface area contributed by atoms with Crippen LogP contribution in [0.4, 0.5) is 0 Å². The molecular formula is C16H19N3OS. The third kappa shape index (κ3) is 3.21. The second-order valence-electron chi connectivity index (χ2n) is 5.66. The van der Waals surface area contributed by atoms with Crippen molar-refractivity contribution >= 4 is 17.7 Å². The van der Waals surface area contributed by atoms with E-state index in [0.29, 0.717) is 5.56 Å². The zero-order valence-electron chi connectivity index (χ0n) is 12.0. The highest BCUT2D eigenvalue weighted by molar-refractivity contribution is 8.00. The Morgan fingerprint density at radius 1 is 1.29 bits per heavy atom. The first kappa shape index (κ1) is 14.4. The molecule has 1 atom stereocenters. The number of nitriles is 1. The highest BCUT2D eigenvalue weighted by Crippen LogP contribution is 2.32. The van der Waals surface area contributed by atoms with Crippen molar-refractivity contribution in [1.82, 2.24) is 10.3 Å². The summed E-state index contributed by atoms with van der Waals surface area (Å²) < 4.78 is 0. The molecule has 110 valence electrons. The SMILES string of the molecule is N#Cc1cc2c(nc1S[C@@H]1CCCCNC1=O)CCCC2. The molecule has 21 heavy (non-hydrogen) atoms. The van der Waals surface area contributed by atoms with E-state index in [4.69, 9.17) is 4.98 Å². The van der Waals surface area contributed by atoms with E-state index in [0.717, 1.165) is 49.4 Å². The standard InChI is InChI=1S/C16H19N3OS/c17-10-12-9-11-5-1-2-6-13(11)19-16(12)21-14-7-3-4-8-18-15(14)20/h9,14H,1-8H2,(H,18,20)/t14-/m1/s1. The number of aryl methyl sites for hydroxylation is 2. The normalized spacial score (nSPS) is 21.9.